The molecule has 3 saturated heterocycles. The van der Waals surface area contributed by atoms with Gasteiger partial charge < -0.3 is 19.4 Å². The highest BCUT2D eigenvalue weighted by molar-refractivity contribution is 5.76. The molecule has 1 aromatic heterocycles. The van der Waals surface area contributed by atoms with E-state index in [4.69, 9.17) is 4.74 Å². The number of anilines is 2. The minimum Gasteiger partial charge on any atom is -0.442 e. The van der Waals surface area contributed by atoms with E-state index in [9.17, 15) is 9.59 Å². The van der Waals surface area contributed by atoms with Crippen molar-refractivity contribution >= 4 is 23.9 Å². The van der Waals surface area contributed by atoms with Crippen molar-refractivity contribution in [2.75, 3.05) is 50.1 Å². The summed E-state index contributed by atoms with van der Waals surface area (Å²) < 4.78 is 5.54. The number of carbonyl (C=O) groups is 2. The molecule has 1 aromatic rings. The molecule has 0 aromatic carbocycles. The first-order chi connectivity index (χ1) is 13.3. The molecule has 0 radical (unpaired) electrons. The molecule has 0 N–H and O–H groups in total. The predicted octanol–water partition coefficient (Wildman–Crippen LogP) is 0.266. The summed E-state index contributed by atoms with van der Waals surface area (Å²) in [6, 6.07) is 0.0784. The van der Waals surface area contributed by atoms with E-state index in [-0.39, 0.29) is 30.2 Å². The molecule has 2 amide bonds. The first-order valence-electron chi connectivity index (χ1n) is 9.73. The third kappa shape index (κ3) is 3.31. The van der Waals surface area contributed by atoms with Gasteiger partial charge in [-0.05, 0) is 19.8 Å². The second kappa shape index (κ2) is 7.06. The van der Waals surface area contributed by atoms with Crippen LogP contribution in [0.15, 0.2) is 0 Å². The molecule has 0 unspecified atom stereocenters. The van der Waals surface area contributed by atoms with Crippen LogP contribution >= 0.6 is 0 Å². The van der Waals surface area contributed by atoms with E-state index in [1.165, 1.54) is 0 Å². The highest BCUT2D eigenvalue weighted by Gasteiger charge is 2.51. The Bertz CT molecular complexity index is 778. The van der Waals surface area contributed by atoms with Crippen molar-refractivity contribution in [3.63, 3.8) is 0 Å². The Hall–Kier alpha value is -2.65. The van der Waals surface area contributed by atoms with Crippen molar-refractivity contribution in [1.82, 2.24) is 24.8 Å². The fraction of sp³-hybridized carbons (Fsp3) is 0.722. The Morgan fingerprint density at radius 1 is 1.14 bits per heavy atom. The van der Waals surface area contributed by atoms with Gasteiger partial charge in [0.1, 0.15) is 11.9 Å². The maximum atomic E-state index is 12.4. The number of carbonyl (C=O) groups excluding carboxylic acids is 2. The van der Waals surface area contributed by atoms with Gasteiger partial charge in [-0.2, -0.15) is 15.0 Å². The average Bonchev–Trinajstić information content (AvgIpc) is 3.18. The fourth-order valence-corrected chi connectivity index (χ4v) is 4.28. The molecular formula is C18H27N7O3. The maximum Gasteiger partial charge on any atom is 0.410 e. The van der Waals surface area contributed by atoms with Crippen LogP contribution in [-0.4, -0.2) is 95.2 Å². The van der Waals surface area contributed by atoms with Crippen molar-refractivity contribution in [1.29, 1.82) is 0 Å². The largest absolute Gasteiger partial charge is 0.442 e. The zero-order valence-electron chi connectivity index (χ0n) is 16.8. The zero-order chi connectivity index (χ0) is 20.0. The molecule has 10 nitrogen and oxygen atoms in total. The third-order valence-corrected chi connectivity index (χ3v) is 5.77. The second-order valence-corrected chi connectivity index (χ2v) is 7.92. The Morgan fingerprint density at radius 3 is 2.50 bits per heavy atom. The van der Waals surface area contributed by atoms with Gasteiger partial charge in [0.05, 0.1) is 12.6 Å². The van der Waals surface area contributed by atoms with Gasteiger partial charge >= 0.3 is 6.09 Å². The topological polar surface area (TPSA) is 95.0 Å². The van der Waals surface area contributed by atoms with Crippen LogP contribution in [0.3, 0.4) is 0 Å². The maximum absolute atomic E-state index is 12.4. The van der Waals surface area contributed by atoms with E-state index < -0.39 is 0 Å². The first-order valence-corrected chi connectivity index (χ1v) is 9.73. The number of hydrogen-bond donors (Lipinski definition) is 0. The van der Waals surface area contributed by atoms with E-state index in [2.05, 4.69) is 19.9 Å². The average molecular weight is 389 g/mol. The van der Waals surface area contributed by atoms with E-state index in [0.29, 0.717) is 30.8 Å². The molecule has 152 valence electrons. The number of rotatable bonds is 3. The quantitative estimate of drug-likeness (QED) is 0.727. The Morgan fingerprint density at radius 2 is 1.86 bits per heavy atom. The number of nitrogens with zero attached hydrogens (tertiary/aromatic N) is 7. The minimum atomic E-state index is -0.248. The van der Waals surface area contributed by atoms with Gasteiger partial charge in [-0.3, -0.25) is 9.69 Å². The van der Waals surface area contributed by atoms with Crippen molar-refractivity contribution in [3.05, 3.63) is 5.82 Å². The van der Waals surface area contributed by atoms with Gasteiger partial charge in [0.15, 0.2) is 0 Å². The lowest BCUT2D eigenvalue weighted by molar-refractivity contribution is -0.128. The number of hydrogen-bond acceptors (Lipinski definition) is 8. The summed E-state index contributed by atoms with van der Waals surface area (Å²) in [7, 11) is 3.82. The lowest BCUT2D eigenvalue weighted by Crippen LogP contribution is -2.50. The fourth-order valence-electron chi connectivity index (χ4n) is 4.28. The van der Waals surface area contributed by atoms with Crippen LogP contribution in [-0.2, 0) is 9.53 Å². The highest BCUT2D eigenvalue weighted by atomic mass is 16.6. The molecule has 28 heavy (non-hydrogen) atoms. The number of aromatic nitrogens is 3. The van der Waals surface area contributed by atoms with Crippen LogP contribution in [0.2, 0.25) is 0 Å². The number of ether oxygens (including phenoxy) is 1. The SMILES string of the molecule is CC(=O)N1C[C@@H]2OC(=O)N(C3CCN(c4nc(C)nc(N(C)C)n4)CC3)[C@@H]2C1. The number of amides is 2. The van der Waals surface area contributed by atoms with Crippen molar-refractivity contribution in [3.8, 4) is 0 Å². The summed E-state index contributed by atoms with van der Waals surface area (Å²) in [4.78, 5) is 45.2. The number of likely N-dealkylation sites (tertiary alicyclic amines) is 1. The Labute approximate surface area is 164 Å². The number of fused-ring (bicyclic) bond motifs is 1. The summed E-state index contributed by atoms with van der Waals surface area (Å²) >= 11 is 0. The molecule has 0 aliphatic carbocycles. The van der Waals surface area contributed by atoms with Crippen LogP contribution in [0.5, 0.6) is 0 Å². The molecule has 0 saturated carbocycles. The van der Waals surface area contributed by atoms with E-state index in [1.54, 1.807) is 11.8 Å². The van der Waals surface area contributed by atoms with Crippen LogP contribution < -0.4 is 9.80 Å². The van der Waals surface area contributed by atoms with Gasteiger partial charge in [0, 0.05) is 46.7 Å². The van der Waals surface area contributed by atoms with Gasteiger partial charge in [-0.15, -0.1) is 0 Å². The number of piperidine rings is 1. The molecule has 3 aliphatic heterocycles. The van der Waals surface area contributed by atoms with Gasteiger partial charge in [-0.25, -0.2) is 4.79 Å². The molecule has 2 atom stereocenters. The highest BCUT2D eigenvalue weighted by Crippen LogP contribution is 2.32. The smallest absolute Gasteiger partial charge is 0.410 e. The van der Waals surface area contributed by atoms with Crippen LogP contribution in [0.25, 0.3) is 0 Å². The molecule has 0 bridgehead atoms. The molecule has 3 aliphatic rings. The molecule has 10 heteroatoms. The summed E-state index contributed by atoms with van der Waals surface area (Å²) in [5, 5.41) is 0. The summed E-state index contributed by atoms with van der Waals surface area (Å²) in [6.07, 6.45) is 1.19. The summed E-state index contributed by atoms with van der Waals surface area (Å²) in [5.74, 6) is 2.05. The molecule has 4 heterocycles. The monoisotopic (exact) mass is 389 g/mol. The standard InChI is InChI=1S/C18H27N7O3/c1-11-19-16(22(3)4)21-17(20-11)23-7-5-13(6-8-23)25-14-9-24(12(2)26)10-15(14)28-18(25)27/h13-15H,5-10H2,1-4H3/t14-,15+/m1/s1. The van der Waals surface area contributed by atoms with Crippen LogP contribution in [0, 0.1) is 6.92 Å². The van der Waals surface area contributed by atoms with E-state index >= 15 is 0 Å². The van der Waals surface area contributed by atoms with Crippen molar-refractivity contribution in [2.24, 2.45) is 0 Å². The second-order valence-electron chi connectivity index (χ2n) is 7.92. The minimum absolute atomic E-state index is 0.0297. The molecule has 3 fully saturated rings. The Kier molecular flexibility index (Phi) is 4.72. The number of aryl methyl sites for hydroxylation is 1. The van der Waals surface area contributed by atoms with Gasteiger partial charge in [-0.1, -0.05) is 0 Å². The van der Waals surface area contributed by atoms with Crippen LogP contribution in [0.1, 0.15) is 25.6 Å². The molecular weight excluding hydrogens is 362 g/mol. The summed E-state index contributed by atoms with van der Waals surface area (Å²) in [5.41, 5.74) is 0. The van der Waals surface area contributed by atoms with E-state index in [0.717, 1.165) is 25.9 Å². The third-order valence-electron chi connectivity index (χ3n) is 5.77. The van der Waals surface area contributed by atoms with Gasteiger partial charge in [0.25, 0.3) is 0 Å². The lowest BCUT2D eigenvalue weighted by Gasteiger charge is -2.37. The lowest BCUT2D eigenvalue weighted by atomic mass is 10.0. The van der Waals surface area contributed by atoms with E-state index in [1.807, 2.05) is 30.8 Å². The first kappa shape index (κ1) is 18.7. The normalized spacial score (nSPS) is 25.1. The summed E-state index contributed by atoms with van der Waals surface area (Å²) in [6.45, 7) is 6.01. The molecule has 0 spiro atoms. The molecule has 4 rings (SSSR count). The van der Waals surface area contributed by atoms with Crippen molar-refractivity contribution < 1.29 is 14.3 Å². The van der Waals surface area contributed by atoms with Gasteiger partial charge in [0.2, 0.25) is 17.8 Å². The zero-order valence-corrected chi connectivity index (χ0v) is 16.8. The predicted molar refractivity (Wildman–Crippen MR) is 102 cm³/mol. The Balaban J connectivity index is 1.43. The van der Waals surface area contributed by atoms with Crippen LogP contribution in [0.4, 0.5) is 16.7 Å². The van der Waals surface area contributed by atoms with Crippen molar-refractivity contribution in [2.45, 2.75) is 44.9 Å².